The summed E-state index contributed by atoms with van der Waals surface area (Å²) >= 11 is 0. The predicted molar refractivity (Wildman–Crippen MR) is 96.1 cm³/mol. The van der Waals surface area contributed by atoms with Crippen molar-refractivity contribution in [2.45, 2.75) is 39.5 Å². The van der Waals surface area contributed by atoms with Crippen molar-refractivity contribution in [3.63, 3.8) is 0 Å². The molecule has 0 aromatic heterocycles. The summed E-state index contributed by atoms with van der Waals surface area (Å²) in [7, 11) is 0. The molecule has 2 aromatic rings. The number of carbonyl (C=O) groups is 1. The van der Waals surface area contributed by atoms with Gasteiger partial charge in [0.05, 0.1) is 6.61 Å². The van der Waals surface area contributed by atoms with E-state index in [2.05, 4.69) is 18.3 Å². The van der Waals surface area contributed by atoms with Gasteiger partial charge in [0.15, 0.2) is 0 Å². The van der Waals surface area contributed by atoms with Crippen molar-refractivity contribution in [1.29, 1.82) is 0 Å². The van der Waals surface area contributed by atoms with E-state index in [0.717, 1.165) is 23.2 Å². The first-order valence-corrected chi connectivity index (χ1v) is 8.50. The van der Waals surface area contributed by atoms with Gasteiger partial charge in [-0.05, 0) is 43.0 Å². The second kappa shape index (κ2) is 7.49. The fourth-order valence-electron chi connectivity index (χ4n) is 3.21. The molecule has 126 valence electrons. The monoisotopic (exact) mass is 324 g/mol. The molecule has 4 heteroatoms. The Morgan fingerprint density at radius 2 is 1.88 bits per heavy atom. The highest BCUT2D eigenvalue weighted by Crippen LogP contribution is 2.31. The van der Waals surface area contributed by atoms with Crippen molar-refractivity contribution in [2.24, 2.45) is 0 Å². The Kier molecular flexibility index (Phi) is 5.16. The number of urea groups is 1. The number of hydrogen-bond acceptors (Lipinski definition) is 2. The van der Waals surface area contributed by atoms with Crippen LogP contribution in [0.2, 0.25) is 0 Å². The number of fused-ring (bicyclic) bond motifs is 1. The van der Waals surface area contributed by atoms with Crippen molar-refractivity contribution in [1.82, 2.24) is 5.32 Å². The number of anilines is 1. The van der Waals surface area contributed by atoms with E-state index in [1.165, 1.54) is 5.56 Å². The Hall–Kier alpha value is -2.33. The lowest BCUT2D eigenvalue weighted by Crippen LogP contribution is -2.43. The lowest BCUT2D eigenvalue weighted by atomic mass is 10.1. The number of hydrogen-bond donors (Lipinski definition) is 1. The van der Waals surface area contributed by atoms with Gasteiger partial charge in [0.1, 0.15) is 0 Å². The number of rotatable bonds is 5. The summed E-state index contributed by atoms with van der Waals surface area (Å²) in [6.45, 7) is 5.83. The summed E-state index contributed by atoms with van der Waals surface area (Å²) in [5, 5.41) is 3.06. The van der Waals surface area contributed by atoms with Gasteiger partial charge in [-0.1, -0.05) is 42.5 Å². The number of ether oxygens (including phenoxy) is 1. The third-order valence-corrected chi connectivity index (χ3v) is 4.44. The average Bonchev–Trinajstić information content (AvgIpc) is 2.94. The zero-order chi connectivity index (χ0) is 16.9. The zero-order valence-electron chi connectivity index (χ0n) is 14.3. The van der Waals surface area contributed by atoms with Crippen molar-refractivity contribution in [2.75, 3.05) is 11.5 Å². The van der Waals surface area contributed by atoms with E-state index < -0.39 is 0 Å². The van der Waals surface area contributed by atoms with Crippen LogP contribution < -0.4 is 10.2 Å². The largest absolute Gasteiger partial charge is 0.377 e. The number of nitrogens with one attached hydrogen (secondary N) is 1. The van der Waals surface area contributed by atoms with Crippen LogP contribution in [-0.4, -0.2) is 18.7 Å². The van der Waals surface area contributed by atoms with Crippen LogP contribution in [0.4, 0.5) is 10.5 Å². The Labute approximate surface area is 143 Å². The van der Waals surface area contributed by atoms with E-state index in [9.17, 15) is 4.79 Å². The van der Waals surface area contributed by atoms with Crippen LogP contribution in [-0.2, 0) is 24.3 Å². The van der Waals surface area contributed by atoms with Gasteiger partial charge in [0.25, 0.3) is 0 Å². The minimum atomic E-state index is -0.0429. The Bertz CT molecular complexity index is 714. The molecule has 0 fully saturated rings. The second-order valence-corrected chi connectivity index (χ2v) is 6.12. The van der Waals surface area contributed by atoms with Crippen LogP contribution in [0.25, 0.3) is 0 Å². The predicted octanol–water partition coefficient (Wildman–Crippen LogP) is 3.88. The van der Waals surface area contributed by atoms with E-state index in [0.29, 0.717) is 19.8 Å². The van der Waals surface area contributed by atoms with Crippen molar-refractivity contribution >= 4 is 11.7 Å². The summed E-state index contributed by atoms with van der Waals surface area (Å²) in [5.74, 6) is 0. The SMILES string of the molecule is CCOCc1ccccc1CNC(=O)N1c2ccccc2CC1C. The molecule has 2 amide bonds. The molecule has 24 heavy (non-hydrogen) atoms. The maximum atomic E-state index is 12.7. The standard InChI is InChI=1S/C20H24N2O2/c1-3-24-14-18-10-5-4-9-17(18)13-21-20(23)22-15(2)12-16-8-6-7-11-19(16)22/h4-11,15H,3,12-14H2,1-2H3,(H,21,23). The molecule has 1 aliphatic rings. The third kappa shape index (κ3) is 3.44. The third-order valence-electron chi connectivity index (χ3n) is 4.44. The van der Waals surface area contributed by atoms with Crippen LogP contribution in [0, 0.1) is 0 Å². The van der Waals surface area contributed by atoms with E-state index in [4.69, 9.17) is 4.74 Å². The highest BCUT2D eigenvalue weighted by molar-refractivity contribution is 5.94. The molecule has 2 aromatic carbocycles. The topological polar surface area (TPSA) is 41.6 Å². The number of para-hydroxylation sites is 1. The Morgan fingerprint density at radius 1 is 1.17 bits per heavy atom. The zero-order valence-corrected chi connectivity index (χ0v) is 14.3. The Balaban J connectivity index is 1.68. The molecule has 0 aliphatic carbocycles. The van der Waals surface area contributed by atoms with Gasteiger partial charge in [0, 0.05) is 24.9 Å². The van der Waals surface area contributed by atoms with Crippen LogP contribution in [0.5, 0.6) is 0 Å². The number of benzene rings is 2. The lowest BCUT2D eigenvalue weighted by molar-refractivity contribution is 0.133. The summed E-state index contributed by atoms with van der Waals surface area (Å²) in [5.41, 5.74) is 4.47. The minimum Gasteiger partial charge on any atom is -0.377 e. The highest BCUT2D eigenvalue weighted by atomic mass is 16.5. The van der Waals surface area contributed by atoms with Gasteiger partial charge >= 0.3 is 6.03 Å². The molecule has 1 aliphatic heterocycles. The molecule has 3 rings (SSSR count). The van der Waals surface area contributed by atoms with E-state index >= 15 is 0 Å². The molecule has 0 bridgehead atoms. The van der Waals surface area contributed by atoms with E-state index in [1.54, 1.807) is 0 Å². The summed E-state index contributed by atoms with van der Waals surface area (Å²) in [4.78, 5) is 14.6. The normalized spacial score (nSPS) is 16.1. The molecule has 4 nitrogen and oxygen atoms in total. The molecule has 0 saturated heterocycles. The van der Waals surface area contributed by atoms with Crippen LogP contribution in [0.1, 0.15) is 30.5 Å². The van der Waals surface area contributed by atoms with Crippen molar-refractivity contribution in [3.8, 4) is 0 Å². The van der Waals surface area contributed by atoms with Gasteiger partial charge < -0.3 is 10.1 Å². The van der Waals surface area contributed by atoms with E-state index in [1.807, 2.05) is 54.3 Å². The Morgan fingerprint density at radius 3 is 2.67 bits per heavy atom. The fourth-order valence-corrected chi connectivity index (χ4v) is 3.21. The second-order valence-electron chi connectivity index (χ2n) is 6.12. The van der Waals surface area contributed by atoms with Gasteiger partial charge in [-0.2, -0.15) is 0 Å². The number of nitrogens with zero attached hydrogens (tertiary/aromatic N) is 1. The average molecular weight is 324 g/mol. The van der Waals surface area contributed by atoms with Crippen LogP contribution >= 0.6 is 0 Å². The first kappa shape index (κ1) is 16.5. The fraction of sp³-hybridized carbons (Fsp3) is 0.350. The highest BCUT2D eigenvalue weighted by Gasteiger charge is 2.30. The quantitative estimate of drug-likeness (QED) is 0.907. The smallest absolute Gasteiger partial charge is 0.322 e. The molecule has 1 unspecified atom stereocenters. The maximum Gasteiger partial charge on any atom is 0.322 e. The lowest BCUT2D eigenvalue weighted by Gasteiger charge is -2.23. The molecule has 0 spiro atoms. The number of amides is 2. The van der Waals surface area contributed by atoms with Crippen LogP contribution in [0.15, 0.2) is 48.5 Å². The molecule has 1 heterocycles. The summed E-state index contributed by atoms with van der Waals surface area (Å²) < 4.78 is 5.51. The molecular weight excluding hydrogens is 300 g/mol. The first-order chi connectivity index (χ1) is 11.7. The van der Waals surface area contributed by atoms with Crippen LogP contribution in [0.3, 0.4) is 0 Å². The van der Waals surface area contributed by atoms with Gasteiger partial charge in [-0.3, -0.25) is 4.90 Å². The number of carbonyl (C=O) groups excluding carboxylic acids is 1. The van der Waals surface area contributed by atoms with E-state index in [-0.39, 0.29) is 12.1 Å². The molecule has 1 atom stereocenters. The van der Waals surface area contributed by atoms with Crippen molar-refractivity contribution in [3.05, 3.63) is 65.2 Å². The van der Waals surface area contributed by atoms with Gasteiger partial charge in [-0.25, -0.2) is 4.79 Å². The molecular formula is C20H24N2O2. The van der Waals surface area contributed by atoms with Gasteiger partial charge in [-0.15, -0.1) is 0 Å². The molecule has 1 N–H and O–H groups in total. The maximum absolute atomic E-state index is 12.7. The van der Waals surface area contributed by atoms with Crippen molar-refractivity contribution < 1.29 is 9.53 Å². The molecule has 0 radical (unpaired) electrons. The summed E-state index contributed by atoms with van der Waals surface area (Å²) in [6, 6.07) is 16.3. The minimum absolute atomic E-state index is 0.0429. The molecule has 0 saturated carbocycles. The summed E-state index contributed by atoms with van der Waals surface area (Å²) in [6.07, 6.45) is 0.907. The van der Waals surface area contributed by atoms with Gasteiger partial charge in [0.2, 0.25) is 0 Å². The first-order valence-electron chi connectivity index (χ1n) is 8.50.